The first-order chi connectivity index (χ1) is 14.7. The molecule has 1 amide bonds. The van der Waals surface area contributed by atoms with Crippen molar-refractivity contribution < 1.29 is 14.0 Å². The molecule has 0 N–H and O–H groups in total. The van der Waals surface area contributed by atoms with E-state index in [-0.39, 0.29) is 5.91 Å². The summed E-state index contributed by atoms with van der Waals surface area (Å²) in [4.78, 5) is 25.7. The molecule has 152 valence electrons. The van der Waals surface area contributed by atoms with Gasteiger partial charge in [-0.1, -0.05) is 54.0 Å². The summed E-state index contributed by atoms with van der Waals surface area (Å²) in [7, 11) is 1.77. The Morgan fingerprint density at radius 3 is 2.53 bits per heavy atom. The Morgan fingerprint density at radius 1 is 1.00 bits per heavy atom. The standard InChI is InChI=1S/C24H22N2O3S/c1-25(24(28)19-10-3-2-9-18(19)17-27)15-8-16-26-20-11-4-5-12-21(20)29-22-13-6-7-14-23(22)30-26/h2-7,9-14,17H,8,15-16H2,1H3. The second kappa shape index (κ2) is 8.97. The average Bonchev–Trinajstić information content (AvgIpc) is 2.95. The number of aromatic nitrogens is 1. The molecule has 0 radical (unpaired) electrons. The van der Waals surface area contributed by atoms with Gasteiger partial charge in [-0.15, -0.1) is 0 Å². The fourth-order valence-electron chi connectivity index (χ4n) is 3.37. The van der Waals surface area contributed by atoms with Crippen LogP contribution in [0.1, 0.15) is 27.1 Å². The minimum Gasteiger partial charge on any atom is -0.454 e. The van der Waals surface area contributed by atoms with Crippen LogP contribution in [0.2, 0.25) is 0 Å². The maximum atomic E-state index is 12.8. The summed E-state index contributed by atoms with van der Waals surface area (Å²) < 4.78 is 9.38. The first kappa shape index (κ1) is 19.9. The Bertz CT molecular complexity index is 1250. The fourth-order valence-corrected chi connectivity index (χ4v) is 4.41. The summed E-state index contributed by atoms with van der Waals surface area (Å²) in [6.45, 7) is 1.32. The third-order valence-corrected chi connectivity index (χ3v) is 6.06. The van der Waals surface area contributed by atoms with Gasteiger partial charge in [0.1, 0.15) is 5.58 Å². The van der Waals surface area contributed by atoms with Crippen LogP contribution in [0.5, 0.6) is 0 Å². The molecule has 0 unspecified atom stereocenters. The molecule has 5 nitrogen and oxygen atoms in total. The lowest BCUT2D eigenvalue weighted by atomic mass is 10.1. The molecular weight excluding hydrogens is 396 g/mol. The largest absolute Gasteiger partial charge is 0.454 e. The van der Waals surface area contributed by atoms with Gasteiger partial charge in [-0.3, -0.25) is 13.5 Å². The second-order valence-corrected chi connectivity index (χ2v) is 8.06. The molecule has 0 atom stereocenters. The highest BCUT2D eigenvalue weighted by Crippen LogP contribution is 2.24. The highest BCUT2D eigenvalue weighted by atomic mass is 32.1. The van der Waals surface area contributed by atoms with Gasteiger partial charge < -0.3 is 9.32 Å². The maximum absolute atomic E-state index is 12.8. The lowest BCUT2D eigenvalue weighted by Crippen LogP contribution is -2.29. The van der Waals surface area contributed by atoms with Crippen molar-refractivity contribution in [2.24, 2.45) is 0 Å². The van der Waals surface area contributed by atoms with Gasteiger partial charge in [0.25, 0.3) is 5.91 Å². The number of hydrogen-bond donors (Lipinski definition) is 0. The summed E-state index contributed by atoms with van der Waals surface area (Å²) in [5, 5.41) is 0. The average molecular weight is 419 g/mol. The van der Waals surface area contributed by atoms with E-state index < -0.39 is 0 Å². The molecule has 0 bridgehead atoms. The van der Waals surface area contributed by atoms with Crippen LogP contribution >= 0.6 is 11.5 Å². The van der Waals surface area contributed by atoms with E-state index in [1.54, 1.807) is 47.7 Å². The van der Waals surface area contributed by atoms with Crippen molar-refractivity contribution >= 4 is 45.1 Å². The number of fused-ring (bicyclic) bond motifs is 2. The van der Waals surface area contributed by atoms with Crippen LogP contribution in [0, 0.1) is 0 Å². The molecule has 0 saturated carbocycles. The topological polar surface area (TPSA) is 55.5 Å². The van der Waals surface area contributed by atoms with Crippen LogP contribution in [0.15, 0.2) is 77.2 Å². The monoisotopic (exact) mass is 418 g/mol. The number of carbonyl (C=O) groups excluding carboxylic acids is 2. The Balaban J connectivity index is 1.56. The molecule has 6 heteroatoms. The number of carbonyl (C=O) groups is 2. The van der Waals surface area contributed by atoms with Crippen molar-refractivity contribution in [2.75, 3.05) is 13.6 Å². The third kappa shape index (κ3) is 4.14. The molecule has 0 aliphatic rings. The Kier molecular flexibility index (Phi) is 5.95. The van der Waals surface area contributed by atoms with Crippen LogP contribution in [0.3, 0.4) is 0 Å². The predicted molar refractivity (Wildman–Crippen MR) is 121 cm³/mol. The maximum Gasteiger partial charge on any atom is 0.254 e. The molecule has 4 aromatic rings. The van der Waals surface area contributed by atoms with Gasteiger partial charge in [0.2, 0.25) is 0 Å². The van der Waals surface area contributed by atoms with Crippen LogP contribution in [-0.4, -0.2) is 34.6 Å². The highest BCUT2D eigenvalue weighted by molar-refractivity contribution is 7.13. The number of nitrogens with zero attached hydrogens (tertiary/aromatic N) is 2. The number of para-hydroxylation sites is 3. The molecule has 30 heavy (non-hydrogen) atoms. The van der Waals surface area contributed by atoms with Gasteiger partial charge in [0.05, 0.1) is 15.8 Å². The van der Waals surface area contributed by atoms with Gasteiger partial charge in [0.15, 0.2) is 11.9 Å². The van der Waals surface area contributed by atoms with Gasteiger partial charge >= 0.3 is 0 Å². The molecule has 4 rings (SSSR count). The van der Waals surface area contributed by atoms with Crippen molar-refractivity contribution in [1.82, 2.24) is 8.86 Å². The van der Waals surface area contributed by atoms with Gasteiger partial charge in [-0.2, -0.15) is 0 Å². The van der Waals surface area contributed by atoms with Crippen molar-refractivity contribution in [3.05, 3.63) is 83.9 Å². The van der Waals surface area contributed by atoms with E-state index in [0.717, 1.165) is 40.6 Å². The van der Waals surface area contributed by atoms with Gasteiger partial charge in [-0.25, -0.2) is 0 Å². The molecule has 0 spiro atoms. The highest BCUT2D eigenvalue weighted by Gasteiger charge is 2.15. The van der Waals surface area contributed by atoms with E-state index in [1.165, 1.54) is 0 Å². The molecule has 0 aliphatic heterocycles. The van der Waals surface area contributed by atoms with E-state index in [0.29, 0.717) is 17.7 Å². The van der Waals surface area contributed by atoms with Crippen molar-refractivity contribution in [3.63, 3.8) is 0 Å². The van der Waals surface area contributed by atoms with Crippen LogP contribution in [-0.2, 0) is 6.54 Å². The Labute approximate surface area is 178 Å². The lowest BCUT2D eigenvalue weighted by Gasteiger charge is -2.18. The normalized spacial score (nSPS) is 10.8. The summed E-state index contributed by atoms with van der Waals surface area (Å²) >= 11 is 1.64. The van der Waals surface area contributed by atoms with E-state index in [4.69, 9.17) is 4.42 Å². The van der Waals surface area contributed by atoms with Crippen LogP contribution in [0.25, 0.3) is 21.4 Å². The zero-order chi connectivity index (χ0) is 20.9. The quantitative estimate of drug-likeness (QED) is 0.386. The van der Waals surface area contributed by atoms with Crippen molar-refractivity contribution in [1.29, 1.82) is 0 Å². The Morgan fingerprint density at radius 2 is 1.70 bits per heavy atom. The number of amides is 1. The minimum atomic E-state index is -0.143. The van der Waals surface area contributed by atoms with E-state index >= 15 is 0 Å². The predicted octanol–water partition coefficient (Wildman–Crippen LogP) is 5.55. The summed E-state index contributed by atoms with van der Waals surface area (Å²) in [6, 6.07) is 22.9. The van der Waals surface area contributed by atoms with Crippen LogP contribution < -0.4 is 0 Å². The van der Waals surface area contributed by atoms with Crippen molar-refractivity contribution in [2.45, 2.75) is 13.0 Å². The van der Waals surface area contributed by atoms with E-state index in [2.05, 4.69) is 3.96 Å². The SMILES string of the molecule is CN(CCCn1sc2ccccc2oc2ccccc21)C(=O)c1ccccc1C=O. The third-order valence-electron chi connectivity index (χ3n) is 4.93. The molecule has 1 aromatic heterocycles. The minimum absolute atomic E-state index is 0.143. The molecule has 0 fully saturated rings. The molecule has 0 aliphatic carbocycles. The zero-order valence-electron chi connectivity index (χ0n) is 16.7. The zero-order valence-corrected chi connectivity index (χ0v) is 17.5. The van der Waals surface area contributed by atoms with E-state index in [9.17, 15) is 9.59 Å². The molecule has 1 heterocycles. The molecular formula is C24H22N2O3S. The lowest BCUT2D eigenvalue weighted by molar-refractivity contribution is 0.0789. The number of benzene rings is 3. The summed E-state index contributed by atoms with van der Waals surface area (Å²) in [5.41, 5.74) is 3.53. The fraction of sp³-hybridized carbons (Fsp3) is 0.167. The number of aryl methyl sites for hydroxylation is 1. The second-order valence-electron chi connectivity index (χ2n) is 7.00. The smallest absolute Gasteiger partial charge is 0.254 e. The molecule has 0 saturated heterocycles. The van der Waals surface area contributed by atoms with Crippen LogP contribution in [0.4, 0.5) is 0 Å². The van der Waals surface area contributed by atoms with Crippen molar-refractivity contribution in [3.8, 4) is 0 Å². The first-order valence-corrected chi connectivity index (χ1v) is 10.6. The summed E-state index contributed by atoms with van der Waals surface area (Å²) in [6.07, 6.45) is 1.50. The summed E-state index contributed by atoms with van der Waals surface area (Å²) in [5.74, 6) is -0.143. The number of hydrogen-bond acceptors (Lipinski definition) is 4. The van der Waals surface area contributed by atoms with Gasteiger partial charge in [-0.05, 0) is 36.8 Å². The Hall–Kier alpha value is -3.38. The number of rotatable bonds is 6. The molecule has 3 aromatic carbocycles. The number of aldehydes is 1. The van der Waals surface area contributed by atoms with E-state index in [1.807, 2.05) is 48.5 Å². The first-order valence-electron chi connectivity index (χ1n) is 9.78. The van der Waals surface area contributed by atoms with Gasteiger partial charge in [0, 0.05) is 25.7 Å².